The van der Waals surface area contributed by atoms with Gasteiger partial charge in [0.05, 0.1) is 39.9 Å². The maximum atomic E-state index is 12.8. The summed E-state index contributed by atoms with van der Waals surface area (Å²) in [6.45, 7) is 4.51. The van der Waals surface area contributed by atoms with Crippen molar-refractivity contribution < 1.29 is 38.0 Å². The Hall–Kier alpha value is -1.32. The number of nitrogens with zero attached hydrogens (tertiary/aromatic N) is 1. The van der Waals surface area contributed by atoms with E-state index in [1.165, 1.54) is 64.2 Å². The van der Waals surface area contributed by atoms with E-state index in [1.807, 2.05) is 21.1 Å². The Morgan fingerprint density at radius 2 is 1.12 bits per heavy atom. The topological polar surface area (TPSA) is 125 Å². The largest absolute Gasteiger partial charge is 0.472 e. The third-order valence-electron chi connectivity index (χ3n) is 8.93. The molecule has 0 aliphatic carbocycles. The van der Waals surface area contributed by atoms with Crippen LogP contribution in [-0.2, 0) is 18.4 Å². The molecule has 0 radical (unpaired) electrons. The van der Waals surface area contributed by atoms with E-state index in [-0.39, 0.29) is 18.9 Å². The molecule has 51 heavy (non-hydrogen) atoms. The van der Waals surface area contributed by atoms with Crippen molar-refractivity contribution in [3.63, 3.8) is 0 Å². The molecule has 0 spiro atoms. The lowest BCUT2D eigenvalue weighted by Gasteiger charge is -2.28. The van der Waals surface area contributed by atoms with Crippen LogP contribution in [0.25, 0.3) is 0 Å². The molecule has 4 unspecified atom stereocenters. The van der Waals surface area contributed by atoms with Crippen molar-refractivity contribution in [2.45, 2.75) is 180 Å². The lowest BCUT2D eigenvalue weighted by atomic mass is 10.0. The monoisotopic (exact) mass is 744 g/mol. The molecule has 0 saturated heterocycles. The summed E-state index contributed by atoms with van der Waals surface area (Å²) in [6, 6.07) is -1.06. The number of nitrogens with one attached hydrogen (secondary N) is 1. The second-order valence-corrected chi connectivity index (χ2v) is 16.6. The SMILES string of the molecule is CCCCC/C=C/CC/C=C/CCCC(O)C(O)C(COP(=O)(O)OCC[N+](C)(C)C)NC(=O)CCCCCCC/C=C\CCCCCCCC. The molecular weight excluding hydrogens is 663 g/mol. The fourth-order valence-electron chi connectivity index (χ4n) is 5.56. The zero-order valence-corrected chi connectivity index (χ0v) is 34.3. The van der Waals surface area contributed by atoms with Crippen molar-refractivity contribution >= 4 is 13.7 Å². The first-order valence-electron chi connectivity index (χ1n) is 20.4. The molecular formula is C41H80N2O7P+. The zero-order valence-electron chi connectivity index (χ0n) is 33.4. The number of likely N-dealkylation sites (N-methyl/N-ethyl adjacent to an activating group) is 1. The molecule has 0 aromatic rings. The van der Waals surface area contributed by atoms with Gasteiger partial charge in [0, 0.05) is 6.42 Å². The van der Waals surface area contributed by atoms with Crippen LogP contribution in [-0.4, -0.2) is 84.6 Å². The number of aliphatic hydroxyl groups is 2. The maximum Gasteiger partial charge on any atom is 0.472 e. The Labute approximate surface area is 313 Å². The van der Waals surface area contributed by atoms with E-state index in [2.05, 4.69) is 55.6 Å². The highest BCUT2D eigenvalue weighted by molar-refractivity contribution is 7.47. The number of rotatable bonds is 36. The molecule has 4 N–H and O–H groups in total. The van der Waals surface area contributed by atoms with Crippen LogP contribution in [0.15, 0.2) is 36.5 Å². The van der Waals surface area contributed by atoms with Gasteiger partial charge in [0.25, 0.3) is 0 Å². The van der Waals surface area contributed by atoms with Gasteiger partial charge in [-0.2, -0.15) is 0 Å². The molecule has 0 aromatic heterocycles. The minimum Gasteiger partial charge on any atom is -0.390 e. The zero-order chi connectivity index (χ0) is 38.1. The molecule has 0 aliphatic heterocycles. The number of unbranched alkanes of at least 4 members (excludes halogenated alkanes) is 16. The number of aliphatic hydroxyl groups excluding tert-OH is 2. The van der Waals surface area contributed by atoms with Crippen LogP contribution in [0.5, 0.6) is 0 Å². The summed E-state index contributed by atoms with van der Waals surface area (Å²) in [6.07, 6.45) is 34.9. The summed E-state index contributed by atoms with van der Waals surface area (Å²) < 4.78 is 23.4. The molecule has 300 valence electrons. The van der Waals surface area contributed by atoms with E-state index in [4.69, 9.17) is 9.05 Å². The molecule has 0 aliphatic rings. The summed E-state index contributed by atoms with van der Waals surface area (Å²) in [7, 11) is 1.40. The van der Waals surface area contributed by atoms with Gasteiger partial charge in [-0.15, -0.1) is 0 Å². The summed E-state index contributed by atoms with van der Waals surface area (Å²) in [5.74, 6) is -0.284. The number of quaternary nitrogens is 1. The number of hydrogen-bond donors (Lipinski definition) is 4. The Bertz CT molecular complexity index is 951. The van der Waals surface area contributed by atoms with Crippen molar-refractivity contribution in [3.05, 3.63) is 36.5 Å². The molecule has 4 atom stereocenters. The molecule has 0 heterocycles. The van der Waals surface area contributed by atoms with Gasteiger partial charge in [-0.1, -0.05) is 115 Å². The number of phosphoric acid groups is 1. The number of phosphoric ester groups is 1. The third-order valence-corrected chi connectivity index (χ3v) is 9.91. The summed E-state index contributed by atoms with van der Waals surface area (Å²) in [5.41, 5.74) is 0. The third kappa shape index (κ3) is 34.2. The van der Waals surface area contributed by atoms with Crippen LogP contribution in [0.1, 0.15) is 162 Å². The van der Waals surface area contributed by atoms with Crippen LogP contribution in [0.4, 0.5) is 0 Å². The predicted octanol–water partition coefficient (Wildman–Crippen LogP) is 9.71. The highest BCUT2D eigenvalue weighted by Crippen LogP contribution is 2.43. The standard InChI is InChI=1S/C41H79N2O7P/c1-6-8-10-12-14-16-18-20-21-22-24-26-28-30-32-34-40(45)42-38(37-50-51(47,48)49-36-35-43(3,4)5)41(46)39(44)33-31-29-27-25-23-19-17-15-13-11-9-7-2/h15,17,20-21,25,27,38-39,41,44,46H,6-14,16,18-19,22-24,26,28-37H2,1-5H3,(H-,42,45,47,48)/p+1/b17-15+,21-20-,27-25+. The predicted molar refractivity (Wildman–Crippen MR) is 214 cm³/mol. The van der Waals surface area contributed by atoms with Gasteiger partial charge >= 0.3 is 7.82 Å². The fourth-order valence-corrected chi connectivity index (χ4v) is 6.30. The highest BCUT2D eigenvalue weighted by Gasteiger charge is 2.31. The van der Waals surface area contributed by atoms with E-state index in [9.17, 15) is 24.5 Å². The van der Waals surface area contributed by atoms with Crippen molar-refractivity contribution in [2.24, 2.45) is 0 Å². The van der Waals surface area contributed by atoms with Gasteiger partial charge in [-0.3, -0.25) is 13.8 Å². The van der Waals surface area contributed by atoms with E-state index in [0.717, 1.165) is 57.8 Å². The fraction of sp³-hybridized carbons (Fsp3) is 0.829. The van der Waals surface area contributed by atoms with Crippen LogP contribution in [0.3, 0.4) is 0 Å². The van der Waals surface area contributed by atoms with Crippen LogP contribution >= 0.6 is 7.82 Å². The molecule has 0 fully saturated rings. The molecule has 0 saturated carbocycles. The second-order valence-electron chi connectivity index (χ2n) is 15.1. The molecule has 10 heteroatoms. The minimum atomic E-state index is -4.42. The van der Waals surface area contributed by atoms with Crippen LogP contribution in [0, 0.1) is 0 Å². The van der Waals surface area contributed by atoms with E-state index >= 15 is 0 Å². The van der Waals surface area contributed by atoms with Crippen LogP contribution in [0.2, 0.25) is 0 Å². The molecule has 1 amide bonds. The normalized spacial score (nSPS) is 15.5. The van der Waals surface area contributed by atoms with Crippen molar-refractivity contribution in [1.82, 2.24) is 5.32 Å². The summed E-state index contributed by atoms with van der Waals surface area (Å²) in [5, 5.41) is 24.5. The van der Waals surface area contributed by atoms with E-state index < -0.39 is 32.7 Å². The van der Waals surface area contributed by atoms with Gasteiger partial charge in [0.1, 0.15) is 19.3 Å². The second kappa shape index (κ2) is 33.3. The first kappa shape index (κ1) is 49.7. The average Bonchev–Trinajstić information content (AvgIpc) is 3.07. The van der Waals surface area contributed by atoms with Crippen molar-refractivity contribution in [1.29, 1.82) is 0 Å². The number of carbonyl (C=O) groups excluding carboxylic acids is 1. The Kier molecular flexibility index (Phi) is 32.4. The molecule has 0 rings (SSSR count). The van der Waals surface area contributed by atoms with Gasteiger partial charge in [-0.25, -0.2) is 4.57 Å². The Balaban J connectivity index is 4.65. The number of amides is 1. The first-order valence-corrected chi connectivity index (χ1v) is 21.9. The van der Waals surface area contributed by atoms with E-state index in [0.29, 0.717) is 30.3 Å². The lowest BCUT2D eigenvalue weighted by molar-refractivity contribution is -0.870. The van der Waals surface area contributed by atoms with Gasteiger partial charge in [0.2, 0.25) is 5.91 Å². The maximum absolute atomic E-state index is 12.8. The van der Waals surface area contributed by atoms with Crippen molar-refractivity contribution in [3.8, 4) is 0 Å². The Morgan fingerprint density at radius 1 is 0.667 bits per heavy atom. The molecule has 0 bridgehead atoms. The van der Waals surface area contributed by atoms with Gasteiger partial charge in [0.15, 0.2) is 0 Å². The number of allylic oxidation sites excluding steroid dienone is 6. The van der Waals surface area contributed by atoms with Gasteiger partial charge in [-0.05, 0) is 77.0 Å². The van der Waals surface area contributed by atoms with Crippen molar-refractivity contribution in [2.75, 3.05) is 40.9 Å². The minimum absolute atomic E-state index is 0.0116. The lowest BCUT2D eigenvalue weighted by Crippen LogP contribution is -2.51. The van der Waals surface area contributed by atoms with Gasteiger partial charge < -0.3 is 24.9 Å². The molecule has 9 nitrogen and oxygen atoms in total. The summed E-state index contributed by atoms with van der Waals surface area (Å²) >= 11 is 0. The number of hydrogen-bond acceptors (Lipinski definition) is 6. The average molecular weight is 744 g/mol. The first-order chi connectivity index (χ1) is 24.4. The number of carbonyl (C=O) groups is 1. The quantitative estimate of drug-likeness (QED) is 0.0218. The van der Waals surface area contributed by atoms with Crippen LogP contribution < -0.4 is 5.32 Å². The molecule has 0 aromatic carbocycles. The Morgan fingerprint density at radius 3 is 1.67 bits per heavy atom. The highest BCUT2D eigenvalue weighted by atomic mass is 31.2. The van der Waals surface area contributed by atoms with E-state index in [1.54, 1.807) is 0 Å². The summed E-state index contributed by atoms with van der Waals surface area (Å²) in [4.78, 5) is 23.1. The smallest absolute Gasteiger partial charge is 0.390 e.